The summed E-state index contributed by atoms with van der Waals surface area (Å²) in [4.78, 5) is 34.3. The third-order valence-electron chi connectivity index (χ3n) is 8.96. The van der Waals surface area contributed by atoms with E-state index in [4.69, 9.17) is 16.6 Å². The first-order chi connectivity index (χ1) is 20.5. The first kappa shape index (κ1) is 30.9. The molecule has 0 aromatic heterocycles. The highest BCUT2D eigenvalue weighted by Gasteiger charge is 2.52. The highest BCUT2D eigenvalue weighted by molar-refractivity contribution is 6.47. The number of amidine groups is 1. The Morgan fingerprint density at radius 2 is 1.91 bits per heavy atom. The molecule has 0 bridgehead atoms. The van der Waals surface area contributed by atoms with E-state index in [1.54, 1.807) is 18.2 Å². The van der Waals surface area contributed by atoms with E-state index in [2.05, 4.69) is 54.6 Å². The first-order valence-electron chi connectivity index (χ1n) is 15.1. The van der Waals surface area contributed by atoms with E-state index in [-0.39, 0.29) is 40.6 Å². The summed E-state index contributed by atoms with van der Waals surface area (Å²) in [5, 5.41) is 6.83. The summed E-state index contributed by atoms with van der Waals surface area (Å²) in [6.45, 7) is 9.18. The van der Waals surface area contributed by atoms with Crippen molar-refractivity contribution < 1.29 is 14.0 Å². The molecule has 0 saturated heterocycles. The van der Waals surface area contributed by atoms with Gasteiger partial charge in [-0.15, -0.1) is 10.6 Å². The average Bonchev–Trinajstić information content (AvgIpc) is 3.60. The third-order valence-corrected chi connectivity index (χ3v) is 9.27. The van der Waals surface area contributed by atoms with Crippen LogP contribution in [0.5, 0.6) is 0 Å². The fourth-order valence-corrected chi connectivity index (χ4v) is 6.56. The number of carbonyl (C=O) groups excluding carboxylic acids is 2. The van der Waals surface area contributed by atoms with Crippen LogP contribution in [0, 0.1) is 17.2 Å². The normalized spacial score (nSPS) is 22.6. The number of hydrogen-bond acceptors (Lipinski definition) is 7. The molecule has 1 atom stereocenters. The van der Waals surface area contributed by atoms with Crippen LogP contribution in [0.1, 0.15) is 100 Å². The molecule has 4 N–H and O–H groups in total. The topological polar surface area (TPSA) is 110 Å². The third kappa shape index (κ3) is 6.55. The second-order valence-electron chi connectivity index (χ2n) is 12.8. The molecule has 1 spiro atoms. The summed E-state index contributed by atoms with van der Waals surface area (Å²) >= 11 is 5.98. The van der Waals surface area contributed by atoms with Gasteiger partial charge in [0.2, 0.25) is 0 Å². The van der Waals surface area contributed by atoms with Crippen LogP contribution >= 0.6 is 11.6 Å². The second kappa shape index (κ2) is 12.6. The van der Waals surface area contributed by atoms with Gasteiger partial charge in [0.25, 0.3) is 11.8 Å². The number of benzene rings is 2. The molecule has 2 heterocycles. The fourth-order valence-electron chi connectivity index (χ4n) is 6.45. The summed E-state index contributed by atoms with van der Waals surface area (Å²) in [5.74, 6) is 0.105. The maximum atomic E-state index is 14.5. The fraction of sp³-hybridized carbons (Fsp3) is 0.500. The van der Waals surface area contributed by atoms with Gasteiger partial charge in [-0.2, -0.15) is 0 Å². The minimum absolute atomic E-state index is 0.0119. The van der Waals surface area contributed by atoms with Crippen molar-refractivity contribution in [3.05, 3.63) is 70.0 Å². The predicted octanol–water partition coefficient (Wildman–Crippen LogP) is 5.63. The van der Waals surface area contributed by atoms with Crippen molar-refractivity contribution in [2.45, 2.75) is 84.3 Å². The van der Waals surface area contributed by atoms with Gasteiger partial charge in [-0.3, -0.25) is 20.0 Å². The van der Waals surface area contributed by atoms with Crippen molar-refractivity contribution in [3.8, 4) is 0 Å². The summed E-state index contributed by atoms with van der Waals surface area (Å²) in [5.41, 5.74) is 9.64. The van der Waals surface area contributed by atoms with E-state index in [9.17, 15) is 14.0 Å². The summed E-state index contributed by atoms with van der Waals surface area (Å²) < 4.78 is 14.5. The predicted molar refractivity (Wildman–Crippen MR) is 167 cm³/mol. The van der Waals surface area contributed by atoms with Gasteiger partial charge in [-0.05, 0) is 73.3 Å². The molecule has 2 aromatic carbocycles. The van der Waals surface area contributed by atoms with Crippen molar-refractivity contribution in [1.82, 2.24) is 26.7 Å². The summed E-state index contributed by atoms with van der Waals surface area (Å²) in [6, 6.07) is 11.7. The molecule has 11 heteroatoms. The molecule has 2 aliphatic heterocycles. The Hall–Kier alpha value is -3.50. The molecule has 0 radical (unpaired) electrons. The van der Waals surface area contributed by atoms with E-state index < -0.39 is 11.5 Å². The average molecular weight is 610 g/mol. The molecule has 2 aromatic rings. The molecule has 1 fully saturated rings. The SMILES string of the molecule is CCCCC(c1ccc(C(=O)NCC2=NNNN2)cc1)N1C(=O)C(c2ccc(Cl)c(F)c2)=NC12CCC(C(C)(C)C)CC2. The smallest absolute Gasteiger partial charge is 0.275 e. The van der Waals surface area contributed by atoms with Crippen LogP contribution in [-0.2, 0) is 4.79 Å². The number of carbonyl (C=O) groups is 2. The molecule has 1 aliphatic carbocycles. The first-order valence-corrected chi connectivity index (χ1v) is 15.5. The lowest BCUT2D eigenvalue weighted by molar-refractivity contribution is -0.133. The highest BCUT2D eigenvalue weighted by atomic mass is 35.5. The van der Waals surface area contributed by atoms with Crippen LogP contribution in [0.2, 0.25) is 5.02 Å². The zero-order valence-electron chi connectivity index (χ0n) is 25.3. The van der Waals surface area contributed by atoms with E-state index in [0.717, 1.165) is 50.5 Å². The minimum Gasteiger partial charge on any atom is -0.345 e. The molecule has 230 valence electrons. The number of rotatable bonds is 9. The second-order valence-corrected chi connectivity index (χ2v) is 13.2. The number of aliphatic imine (C=N–C) groups is 1. The number of amides is 2. The summed E-state index contributed by atoms with van der Waals surface area (Å²) in [7, 11) is 0. The monoisotopic (exact) mass is 609 g/mol. The van der Waals surface area contributed by atoms with E-state index in [0.29, 0.717) is 22.9 Å². The number of hydrazine groups is 2. The molecule has 5 rings (SSSR count). The van der Waals surface area contributed by atoms with Crippen LogP contribution in [-0.4, -0.2) is 40.5 Å². The lowest BCUT2D eigenvalue weighted by Gasteiger charge is -2.47. The maximum Gasteiger partial charge on any atom is 0.275 e. The van der Waals surface area contributed by atoms with Gasteiger partial charge in [-0.25, -0.2) is 9.93 Å². The molecule has 2 amide bonds. The number of unbranched alkanes of at least 4 members (excludes halogenated alkanes) is 1. The van der Waals surface area contributed by atoms with E-state index in [1.165, 1.54) is 12.1 Å². The van der Waals surface area contributed by atoms with Crippen molar-refractivity contribution >= 4 is 35.0 Å². The maximum absolute atomic E-state index is 14.5. The zero-order chi connectivity index (χ0) is 30.8. The van der Waals surface area contributed by atoms with Gasteiger partial charge in [0.05, 0.1) is 17.6 Å². The van der Waals surface area contributed by atoms with Gasteiger partial charge in [-0.1, -0.05) is 70.3 Å². The lowest BCUT2D eigenvalue weighted by atomic mass is 9.69. The van der Waals surface area contributed by atoms with Gasteiger partial charge in [0, 0.05) is 11.1 Å². The number of hydrazone groups is 1. The van der Waals surface area contributed by atoms with Gasteiger partial charge < -0.3 is 10.2 Å². The van der Waals surface area contributed by atoms with E-state index >= 15 is 0 Å². The number of nitrogens with zero attached hydrogens (tertiary/aromatic N) is 3. The Morgan fingerprint density at radius 1 is 1.19 bits per heavy atom. The Labute approximate surface area is 257 Å². The molecule has 3 aliphatic rings. The van der Waals surface area contributed by atoms with Gasteiger partial charge in [0.1, 0.15) is 17.2 Å². The Balaban J connectivity index is 1.47. The molecular formula is C32H41ClFN7O2. The van der Waals surface area contributed by atoms with E-state index in [1.807, 2.05) is 17.0 Å². The van der Waals surface area contributed by atoms with Crippen molar-refractivity contribution in [2.75, 3.05) is 6.54 Å². The minimum atomic E-state index is -0.712. The Bertz CT molecular complexity index is 1410. The van der Waals surface area contributed by atoms with Crippen molar-refractivity contribution in [2.24, 2.45) is 21.4 Å². The van der Waals surface area contributed by atoms with Crippen LogP contribution in [0.25, 0.3) is 0 Å². The quantitative estimate of drug-likeness (QED) is 0.295. The molecular weight excluding hydrogens is 569 g/mol. The van der Waals surface area contributed by atoms with Crippen molar-refractivity contribution in [1.29, 1.82) is 0 Å². The standard InChI is InChI=1S/C32H41ClFN7O2/c1-5-6-7-26(20-8-10-21(11-9-20)29(42)35-19-27-37-39-40-38-27)41-30(43)28(22-12-13-24(33)25(34)18-22)36-32(41)16-14-23(15-17-32)31(2,3)4/h8-13,18,23,26,39-40H,5-7,14-17,19H2,1-4H3,(H,35,42)(H,37,38). The molecule has 1 saturated carbocycles. The molecule has 1 unspecified atom stereocenters. The van der Waals surface area contributed by atoms with Gasteiger partial charge >= 0.3 is 0 Å². The highest BCUT2D eigenvalue weighted by Crippen LogP contribution is 2.50. The Kier molecular flexibility index (Phi) is 9.08. The molecule has 43 heavy (non-hydrogen) atoms. The summed E-state index contributed by atoms with van der Waals surface area (Å²) in [6.07, 6.45) is 6.01. The van der Waals surface area contributed by atoms with Crippen LogP contribution in [0.4, 0.5) is 4.39 Å². The number of hydrogen-bond donors (Lipinski definition) is 4. The number of nitrogens with one attached hydrogen (secondary N) is 4. The van der Waals surface area contributed by atoms with Crippen molar-refractivity contribution in [3.63, 3.8) is 0 Å². The van der Waals surface area contributed by atoms with Crippen LogP contribution in [0.15, 0.2) is 52.6 Å². The van der Waals surface area contributed by atoms with Crippen LogP contribution < -0.4 is 21.8 Å². The molecule has 9 nitrogen and oxygen atoms in total. The Morgan fingerprint density at radius 3 is 2.51 bits per heavy atom. The van der Waals surface area contributed by atoms with Gasteiger partial charge in [0.15, 0.2) is 5.84 Å². The zero-order valence-corrected chi connectivity index (χ0v) is 26.0. The largest absolute Gasteiger partial charge is 0.345 e. The number of halogens is 2. The van der Waals surface area contributed by atoms with Crippen LogP contribution in [0.3, 0.4) is 0 Å². The lowest BCUT2D eigenvalue weighted by Crippen LogP contribution is -2.51.